The number of anilines is 1. The molecule has 33 heavy (non-hydrogen) atoms. The summed E-state index contributed by atoms with van der Waals surface area (Å²) in [5.41, 5.74) is 4.00. The van der Waals surface area contributed by atoms with E-state index in [2.05, 4.69) is 34.1 Å². The number of benzene rings is 1. The van der Waals surface area contributed by atoms with Crippen LogP contribution in [0.1, 0.15) is 54.9 Å². The van der Waals surface area contributed by atoms with Crippen molar-refractivity contribution in [1.82, 2.24) is 10.1 Å². The number of ether oxygens (including phenoxy) is 1. The predicted molar refractivity (Wildman–Crippen MR) is 130 cm³/mol. The third-order valence-corrected chi connectivity index (χ3v) is 8.04. The van der Waals surface area contributed by atoms with Crippen molar-refractivity contribution in [2.45, 2.75) is 57.7 Å². The molecule has 2 saturated carbocycles. The first-order chi connectivity index (χ1) is 16.0. The summed E-state index contributed by atoms with van der Waals surface area (Å²) in [4.78, 5) is 7.03. The van der Waals surface area contributed by atoms with Crippen molar-refractivity contribution in [3.8, 4) is 11.3 Å². The van der Waals surface area contributed by atoms with Crippen LogP contribution in [0.3, 0.4) is 0 Å². The van der Waals surface area contributed by atoms with E-state index in [-0.39, 0.29) is 6.10 Å². The molecule has 7 heteroatoms. The van der Waals surface area contributed by atoms with Crippen molar-refractivity contribution in [2.75, 3.05) is 18.0 Å². The average Bonchev–Trinajstić information content (AvgIpc) is 3.38. The van der Waals surface area contributed by atoms with Gasteiger partial charge in [-0.05, 0) is 68.2 Å². The Balaban J connectivity index is 1.13. The molecule has 3 aromatic rings. The zero-order chi connectivity index (χ0) is 22.6. The van der Waals surface area contributed by atoms with Crippen LogP contribution in [0.15, 0.2) is 41.1 Å². The molecule has 6 rings (SSSR count). The van der Waals surface area contributed by atoms with Gasteiger partial charge in [0.1, 0.15) is 17.3 Å². The van der Waals surface area contributed by atoms with Crippen LogP contribution in [0.5, 0.6) is 0 Å². The van der Waals surface area contributed by atoms with Gasteiger partial charge < -0.3 is 14.2 Å². The van der Waals surface area contributed by atoms with Gasteiger partial charge in [0.2, 0.25) is 0 Å². The van der Waals surface area contributed by atoms with Gasteiger partial charge in [-0.1, -0.05) is 40.5 Å². The highest BCUT2D eigenvalue weighted by molar-refractivity contribution is 6.39. The van der Waals surface area contributed by atoms with Crippen LogP contribution in [0.4, 0.5) is 5.82 Å². The standard InChI is InChI=1S/C26H27Cl2N3O2/c1-16-5-8-22(29-13-16)31-10-9-26(15-31)11-18(12-26)32-14-19-24(30-33-25(19)17-6-7-17)23-20(27)3-2-4-21(23)28/h2-5,8,13,17-18H,6-7,9-12,14-15H2,1H3. The van der Waals surface area contributed by atoms with Gasteiger partial charge in [0, 0.05) is 36.3 Å². The van der Waals surface area contributed by atoms with E-state index in [1.165, 1.54) is 12.0 Å². The normalized spacial score (nSPS) is 24.5. The first-order valence-corrected chi connectivity index (χ1v) is 12.5. The third kappa shape index (κ3) is 4.05. The summed E-state index contributed by atoms with van der Waals surface area (Å²) in [6, 6.07) is 9.79. The Morgan fingerprint density at radius 2 is 1.94 bits per heavy atom. The highest BCUT2D eigenvalue weighted by Gasteiger charge is 2.49. The van der Waals surface area contributed by atoms with Crippen LogP contribution >= 0.6 is 23.2 Å². The van der Waals surface area contributed by atoms with Crippen LogP contribution in [0.25, 0.3) is 11.3 Å². The van der Waals surface area contributed by atoms with E-state index >= 15 is 0 Å². The van der Waals surface area contributed by atoms with E-state index < -0.39 is 0 Å². The number of aromatic nitrogens is 2. The smallest absolute Gasteiger partial charge is 0.145 e. The van der Waals surface area contributed by atoms with Gasteiger partial charge in [0.25, 0.3) is 0 Å². The van der Waals surface area contributed by atoms with Crippen LogP contribution in [-0.2, 0) is 11.3 Å². The molecule has 0 radical (unpaired) electrons. The number of hydrogen-bond acceptors (Lipinski definition) is 5. The molecule has 1 aromatic carbocycles. The highest BCUT2D eigenvalue weighted by Crippen LogP contribution is 2.51. The van der Waals surface area contributed by atoms with E-state index in [9.17, 15) is 0 Å². The summed E-state index contributed by atoms with van der Waals surface area (Å²) >= 11 is 13.0. The quantitative estimate of drug-likeness (QED) is 0.385. The molecule has 0 atom stereocenters. The second-order valence-electron chi connectivity index (χ2n) is 9.95. The maximum atomic E-state index is 6.48. The molecule has 2 aliphatic carbocycles. The monoisotopic (exact) mass is 483 g/mol. The summed E-state index contributed by atoms with van der Waals surface area (Å²) in [6.45, 7) is 4.68. The minimum atomic E-state index is 0.257. The second-order valence-corrected chi connectivity index (χ2v) is 10.8. The minimum absolute atomic E-state index is 0.257. The molecule has 3 fully saturated rings. The molecule has 0 unspecified atom stereocenters. The van der Waals surface area contributed by atoms with Crippen LogP contribution < -0.4 is 4.90 Å². The Morgan fingerprint density at radius 3 is 2.64 bits per heavy atom. The topological polar surface area (TPSA) is 51.4 Å². The highest BCUT2D eigenvalue weighted by atomic mass is 35.5. The second kappa shape index (κ2) is 8.30. The van der Waals surface area contributed by atoms with Crippen LogP contribution in [0.2, 0.25) is 10.0 Å². The molecule has 1 saturated heterocycles. The number of halogens is 2. The molecular weight excluding hydrogens is 457 g/mol. The summed E-state index contributed by atoms with van der Waals surface area (Å²) in [7, 11) is 0. The van der Waals surface area contributed by atoms with Gasteiger partial charge in [-0.15, -0.1) is 0 Å². The van der Waals surface area contributed by atoms with Crippen molar-refractivity contribution in [2.24, 2.45) is 5.41 Å². The first kappa shape index (κ1) is 21.5. The van der Waals surface area contributed by atoms with E-state index in [0.717, 1.165) is 67.2 Å². The van der Waals surface area contributed by atoms with Crippen molar-refractivity contribution in [1.29, 1.82) is 0 Å². The summed E-state index contributed by atoms with van der Waals surface area (Å²) in [6.07, 6.45) is 7.84. The van der Waals surface area contributed by atoms with E-state index in [1.54, 1.807) is 0 Å². The largest absolute Gasteiger partial charge is 0.373 e. The number of hydrogen-bond donors (Lipinski definition) is 0. The molecule has 0 amide bonds. The average molecular weight is 484 g/mol. The molecule has 3 heterocycles. The van der Waals surface area contributed by atoms with E-state index in [1.807, 2.05) is 24.4 Å². The Morgan fingerprint density at radius 1 is 1.15 bits per heavy atom. The maximum Gasteiger partial charge on any atom is 0.145 e. The number of nitrogens with zero attached hydrogens (tertiary/aromatic N) is 3. The lowest BCUT2D eigenvalue weighted by Gasteiger charge is -2.44. The van der Waals surface area contributed by atoms with E-state index in [0.29, 0.717) is 28.0 Å². The minimum Gasteiger partial charge on any atom is -0.373 e. The van der Waals surface area contributed by atoms with Gasteiger partial charge in [-0.3, -0.25) is 0 Å². The van der Waals surface area contributed by atoms with Crippen LogP contribution in [-0.4, -0.2) is 29.3 Å². The van der Waals surface area contributed by atoms with Gasteiger partial charge >= 0.3 is 0 Å². The fourth-order valence-corrected chi connectivity index (χ4v) is 5.96. The number of aryl methyl sites for hydroxylation is 1. The molecule has 1 aliphatic heterocycles. The Bertz CT molecular complexity index is 1150. The lowest BCUT2D eigenvalue weighted by atomic mass is 9.66. The van der Waals surface area contributed by atoms with Crippen molar-refractivity contribution in [3.63, 3.8) is 0 Å². The third-order valence-electron chi connectivity index (χ3n) is 7.41. The maximum absolute atomic E-state index is 6.48. The Hall–Kier alpha value is -2.08. The number of pyridine rings is 1. The van der Waals surface area contributed by atoms with Gasteiger partial charge in [-0.2, -0.15) is 0 Å². The molecular formula is C26H27Cl2N3O2. The van der Waals surface area contributed by atoms with Gasteiger partial charge in [-0.25, -0.2) is 4.98 Å². The van der Waals surface area contributed by atoms with Crippen molar-refractivity contribution >= 4 is 29.0 Å². The van der Waals surface area contributed by atoms with Gasteiger partial charge in [0.05, 0.1) is 22.8 Å². The lowest BCUT2D eigenvalue weighted by Crippen LogP contribution is -2.44. The van der Waals surface area contributed by atoms with E-state index in [4.69, 9.17) is 32.5 Å². The van der Waals surface area contributed by atoms with Crippen LogP contribution in [0, 0.1) is 12.3 Å². The number of rotatable bonds is 6. The lowest BCUT2D eigenvalue weighted by molar-refractivity contribution is -0.0796. The molecule has 172 valence electrons. The Labute approximate surface area is 204 Å². The molecule has 1 spiro atoms. The zero-order valence-corrected chi connectivity index (χ0v) is 20.2. The molecule has 2 aromatic heterocycles. The van der Waals surface area contributed by atoms with Gasteiger partial charge in [0.15, 0.2) is 0 Å². The summed E-state index contributed by atoms with van der Waals surface area (Å²) in [5.74, 6) is 2.46. The molecule has 5 nitrogen and oxygen atoms in total. The summed E-state index contributed by atoms with van der Waals surface area (Å²) in [5, 5.41) is 5.54. The predicted octanol–water partition coefficient (Wildman–Crippen LogP) is 6.80. The SMILES string of the molecule is Cc1ccc(N2CCC3(CC(OCc4c(-c5c(Cl)cccc5Cl)noc4C4CC4)C3)C2)nc1. The Kier molecular flexibility index (Phi) is 5.39. The summed E-state index contributed by atoms with van der Waals surface area (Å²) < 4.78 is 12.2. The molecule has 0 bridgehead atoms. The fourth-order valence-electron chi connectivity index (χ4n) is 5.38. The first-order valence-electron chi connectivity index (χ1n) is 11.7. The van der Waals surface area contributed by atoms with Crippen molar-refractivity contribution in [3.05, 3.63) is 63.5 Å². The molecule has 3 aliphatic rings. The molecule has 0 N–H and O–H groups in total. The fraction of sp³-hybridized carbons (Fsp3) is 0.462. The zero-order valence-electron chi connectivity index (χ0n) is 18.7. The van der Waals surface area contributed by atoms with Crippen molar-refractivity contribution < 1.29 is 9.26 Å².